The SMILES string of the molecule is CC(NCCCCC(C)(C)C#N)C1CCOC1. The van der Waals surface area contributed by atoms with Crippen molar-refractivity contribution in [3.63, 3.8) is 0 Å². The Hall–Kier alpha value is -0.590. The number of rotatable bonds is 7. The number of nitrogens with one attached hydrogen (secondary N) is 1. The van der Waals surface area contributed by atoms with E-state index in [0.29, 0.717) is 12.0 Å². The molecule has 1 aliphatic rings. The zero-order valence-corrected chi connectivity index (χ0v) is 11.5. The van der Waals surface area contributed by atoms with Gasteiger partial charge in [-0.1, -0.05) is 6.42 Å². The van der Waals surface area contributed by atoms with E-state index in [4.69, 9.17) is 10.00 Å². The summed E-state index contributed by atoms with van der Waals surface area (Å²) in [6.45, 7) is 9.16. The minimum atomic E-state index is -0.162. The summed E-state index contributed by atoms with van der Waals surface area (Å²) >= 11 is 0. The lowest BCUT2D eigenvalue weighted by Gasteiger charge is -2.20. The van der Waals surface area contributed by atoms with Crippen molar-refractivity contribution in [1.29, 1.82) is 5.26 Å². The lowest BCUT2D eigenvalue weighted by molar-refractivity contribution is 0.178. The van der Waals surface area contributed by atoms with Crippen molar-refractivity contribution in [2.24, 2.45) is 11.3 Å². The van der Waals surface area contributed by atoms with E-state index >= 15 is 0 Å². The Morgan fingerprint density at radius 1 is 1.47 bits per heavy atom. The van der Waals surface area contributed by atoms with Gasteiger partial charge in [0.15, 0.2) is 0 Å². The van der Waals surface area contributed by atoms with Crippen LogP contribution in [0.25, 0.3) is 0 Å². The van der Waals surface area contributed by atoms with Crippen molar-refractivity contribution in [2.75, 3.05) is 19.8 Å². The van der Waals surface area contributed by atoms with Gasteiger partial charge in [0, 0.05) is 12.6 Å². The van der Waals surface area contributed by atoms with Crippen LogP contribution in [0.5, 0.6) is 0 Å². The van der Waals surface area contributed by atoms with Crippen LogP contribution in [0.4, 0.5) is 0 Å². The summed E-state index contributed by atoms with van der Waals surface area (Å²) in [5, 5.41) is 12.5. The average molecular weight is 238 g/mol. The topological polar surface area (TPSA) is 45.0 Å². The van der Waals surface area contributed by atoms with Crippen LogP contribution in [0, 0.1) is 22.7 Å². The fraction of sp³-hybridized carbons (Fsp3) is 0.929. The van der Waals surface area contributed by atoms with Crippen LogP contribution in [0.3, 0.4) is 0 Å². The maximum atomic E-state index is 8.90. The Morgan fingerprint density at radius 3 is 2.82 bits per heavy atom. The molecule has 1 saturated heterocycles. The zero-order valence-electron chi connectivity index (χ0n) is 11.5. The molecular formula is C14H26N2O. The highest BCUT2D eigenvalue weighted by atomic mass is 16.5. The molecule has 1 heterocycles. The molecule has 2 unspecified atom stereocenters. The van der Waals surface area contributed by atoms with Crippen LogP contribution in [-0.4, -0.2) is 25.8 Å². The monoisotopic (exact) mass is 238 g/mol. The minimum Gasteiger partial charge on any atom is -0.381 e. The molecule has 3 nitrogen and oxygen atoms in total. The first-order valence-corrected chi connectivity index (χ1v) is 6.77. The number of nitrogens with zero attached hydrogens (tertiary/aromatic N) is 1. The third-order valence-electron chi connectivity index (χ3n) is 3.67. The lowest BCUT2D eigenvalue weighted by Crippen LogP contribution is -2.34. The van der Waals surface area contributed by atoms with E-state index in [1.807, 2.05) is 13.8 Å². The Balaban J connectivity index is 2.02. The molecule has 2 atom stereocenters. The summed E-state index contributed by atoms with van der Waals surface area (Å²) in [5.74, 6) is 0.686. The van der Waals surface area contributed by atoms with Gasteiger partial charge in [0.2, 0.25) is 0 Å². The van der Waals surface area contributed by atoms with Crippen LogP contribution in [0.15, 0.2) is 0 Å². The summed E-state index contributed by atoms with van der Waals surface area (Å²) in [4.78, 5) is 0. The third-order valence-corrected chi connectivity index (χ3v) is 3.67. The first-order valence-electron chi connectivity index (χ1n) is 6.77. The number of hydrogen-bond donors (Lipinski definition) is 1. The highest BCUT2D eigenvalue weighted by Gasteiger charge is 2.21. The van der Waals surface area contributed by atoms with Gasteiger partial charge in [-0.05, 0) is 52.5 Å². The predicted octanol–water partition coefficient (Wildman–Crippen LogP) is 2.72. The predicted molar refractivity (Wildman–Crippen MR) is 69.6 cm³/mol. The van der Waals surface area contributed by atoms with Crippen molar-refractivity contribution in [1.82, 2.24) is 5.32 Å². The quantitative estimate of drug-likeness (QED) is 0.694. The molecule has 0 spiro atoms. The Kier molecular flexibility index (Phi) is 5.94. The highest BCUT2D eigenvalue weighted by molar-refractivity contribution is 4.91. The first-order chi connectivity index (χ1) is 8.05. The molecule has 0 aromatic heterocycles. The lowest BCUT2D eigenvalue weighted by atomic mass is 9.89. The second-order valence-electron chi connectivity index (χ2n) is 5.82. The van der Waals surface area contributed by atoms with Gasteiger partial charge in [-0.25, -0.2) is 0 Å². The van der Waals surface area contributed by atoms with Gasteiger partial charge in [-0.2, -0.15) is 5.26 Å². The fourth-order valence-electron chi connectivity index (χ4n) is 2.19. The van der Waals surface area contributed by atoms with Crippen molar-refractivity contribution < 1.29 is 4.74 Å². The van der Waals surface area contributed by atoms with Gasteiger partial charge in [0.25, 0.3) is 0 Å². The Labute approximate surface area is 106 Å². The average Bonchev–Trinajstić information content (AvgIpc) is 2.82. The molecule has 0 bridgehead atoms. The number of nitriles is 1. The van der Waals surface area contributed by atoms with Crippen molar-refractivity contribution >= 4 is 0 Å². The number of ether oxygens (including phenoxy) is 1. The van der Waals surface area contributed by atoms with Crippen LogP contribution in [-0.2, 0) is 4.74 Å². The highest BCUT2D eigenvalue weighted by Crippen LogP contribution is 2.21. The minimum absolute atomic E-state index is 0.162. The Morgan fingerprint density at radius 2 is 2.24 bits per heavy atom. The standard InChI is InChI=1S/C14H26N2O/c1-12(13-6-9-17-10-13)16-8-5-4-7-14(2,3)11-15/h12-13,16H,4-10H2,1-3H3. The van der Waals surface area contributed by atoms with Gasteiger partial charge in [-0.3, -0.25) is 0 Å². The van der Waals surface area contributed by atoms with Gasteiger partial charge < -0.3 is 10.1 Å². The first kappa shape index (κ1) is 14.5. The molecule has 0 aromatic carbocycles. The van der Waals surface area contributed by atoms with Gasteiger partial charge >= 0.3 is 0 Å². The van der Waals surface area contributed by atoms with Crippen LogP contribution >= 0.6 is 0 Å². The summed E-state index contributed by atoms with van der Waals surface area (Å²) in [6, 6.07) is 2.91. The van der Waals surface area contributed by atoms with Gasteiger partial charge in [-0.15, -0.1) is 0 Å². The van der Waals surface area contributed by atoms with Gasteiger partial charge in [0.1, 0.15) is 0 Å². The van der Waals surface area contributed by atoms with Crippen LogP contribution < -0.4 is 5.32 Å². The van der Waals surface area contributed by atoms with Crippen molar-refractivity contribution in [2.45, 2.75) is 52.5 Å². The molecule has 1 aliphatic heterocycles. The summed E-state index contributed by atoms with van der Waals surface area (Å²) < 4.78 is 5.39. The molecule has 0 aliphatic carbocycles. The zero-order chi connectivity index (χ0) is 12.7. The second-order valence-corrected chi connectivity index (χ2v) is 5.82. The Bertz CT molecular complexity index is 251. The summed E-state index contributed by atoms with van der Waals surface area (Å²) in [5.41, 5.74) is -0.162. The maximum Gasteiger partial charge on any atom is 0.0683 e. The van der Waals surface area contributed by atoms with E-state index in [-0.39, 0.29) is 5.41 Å². The molecule has 0 aromatic rings. The van der Waals surface area contributed by atoms with E-state index in [1.165, 1.54) is 6.42 Å². The molecule has 98 valence electrons. The van der Waals surface area contributed by atoms with Crippen molar-refractivity contribution in [3.8, 4) is 6.07 Å². The summed E-state index contributed by atoms with van der Waals surface area (Å²) in [6.07, 6.45) is 4.46. The van der Waals surface area contributed by atoms with E-state index in [9.17, 15) is 0 Å². The second kappa shape index (κ2) is 6.98. The molecule has 0 saturated carbocycles. The van der Waals surface area contributed by atoms with E-state index in [2.05, 4.69) is 18.3 Å². The van der Waals surface area contributed by atoms with Crippen LogP contribution in [0.2, 0.25) is 0 Å². The normalized spacial score (nSPS) is 22.4. The van der Waals surface area contributed by atoms with E-state index < -0.39 is 0 Å². The summed E-state index contributed by atoms with van der Waals surface area (Å²) in [7, 11) is 0. The molecule has 0 radical (unpaired) electrons. The molecule has 3 heteroatoms. The van der Waals surface area contributed by atoms with E-state index in [1.54, 1.807) is 0 Å². The maximum absolute atomic E-state index is 8.90. The fourth-order valence-corrected chi connectivity index (χ4v) is 2.19. The molecule has 1 N–H and O–H groups in total. The van der Waals surface area contributed by atoms with Gasteiger partial charge in [0.05, 0.1) is 18.1 Å². The van der Waals surface area contributed by atoms with Crippen LogP contribution in [0.1, 0.15) is 46.5 Å². The molecule has 0 amide bonds. The van der Waals surface area contributed by atoms with E-state index in [0.717, 1.165) is 39.0 Å². The number of unbranched alkanes of at least 4 members (excludes halogenated alkanes) is 1. The molecule has 1 rings (SSSR count). The molecular weight excluding hydrogens is 212 g/mol. The number of hydrogen-bond acceptors (Lipinski definition) is 3. The molecule has 1 fully saturated rings. The smallest absolute Gasteiger partial charge is 0.0683 e. The van der Waals surface area contributed by atoms with Crippen molar-refractivity contribution in [3.05, 3.63) is 0 Å². The largest absolute Gasteiger partial charge is 0.381 e. The third kappa shape index (κ3) is 5.52. The molecule has 17 heavy (non-hydrogen) atoms.